The zero-order valence-electron chi connectivity index (χ0n) is 10.8. The zero-order chi connectivity index (χ0) is 14.5. The first-order valence-corrected chi connectivity index (χ1v) is 7.20. The third-order valence-corrected chi connectivity index (χ3v) is 3.53. The van der Waals surface area contributed by atoms with Crippen molar-refractivity contribution in [3.8, 4) is 0 Å². The summed E-state index contributed by atoms with van der Waals surface area (Å²) in [7, 11) is 0. The normalized spacial score (nSPS) is 16.4. The summed E-state index contributed by atoms with van der Waals surface area (Å²) in [5.41, 5.74) is 0.612. The first-order valence-electron chi connectivity index (χ1n) is 6.44. The number of hydrogen-bond donors (Lipinski definition) is 1. The fraction of sp³-hybridized carbons (Fsp3) is 0.462. The minimum atomic E-state index is -0.396. The Morgan fingerprint density at radius 3 is 2.45 bits per heavy atom. The molecular formula is C13H15Cl2N3O2. The lowest BCUT2D eigenvalue weighted by molar-refractivity contribution is -0.463. The van der Waals surface area contributed by atoms with Gasteiger partial charge in [0.1, 0.15) is 0 Å². The molecule has 7 heteroatoms. The van der Waals surface area contributed by atoms with Crippen molar-refractivity contribution in [3.63, 3.8) is 0 Å². The molecule has 1 aromatic carbocycles. The van der Waals surface area contributed by atoms with E-state index in [1.165, 1.54) is 0 Å². The van der Waals surface area contributed by atoms with Crippen LogP contribution >= 0.6 is 23.2 Å². The Morgan fingerprint density at radius 2 is 1.90 bits per heavy atom. The molecule has 1 aromatic rings. The summed E-state index contributed by atoms with van der Waals surface area (Å²) in [4.78, 5) is 14.8. The van der Waals surface area contributed by atoms with Gasteiger partial charge >= 0.3 is 0 Å². The van der Waals surface area contributed by atoms with E-state index in [1.54, 1.807) is 18.2 Å². The molecule has 20 heavy (non-hydrogen) atoms. The number of amidine groups is 1. The van der Waals surface area contributed by atoms with Crippen LogP contribution in [0.5, 0.6) is 0 Å². The minimum Gasteiger partial charge on any atom is -0.338 e. The van der Waals surface area contributed by atoms with E-state index in [-0.39, 0.29) is 12.6 Å². The Hall–Kier alpha value is -1.33. The van der Waals surface area contributed by atoms with Crippen molar-refractivity contribution in [1.29, 1.82) is 0 Å². The first kappa shape index (κ1) is 15.1. The molecule has 0 heterocycles. The standard InChI is InChI=1S/C13H15Cl2N3O2/c14-9-5-10(15)7-12(6-9)17-13(8-18(19)20)16-11-3-1-2-4-11/h5-7,11H,1-4,8H2,(H,16,17). The average molecular weight is 316 g/mol. The highest BCUT2D eigenvalue weighted by atomic mass is 35.5. The SMILES string of the molecule is O=[N+]([O-])CC(=NC1CCCC1)Nc1cc(Cl)cc(Cl)c1. The van der Waals surface area contributed by atoms with Gasteiger partial charge in [-0.3, -0.25) is 15.1 Å². The zero-order valence-corrected chi connectivity index (χ0v) is 12.3. The average Bonchev–Trinajstić information content (AvgIpc) is 2.79. The van der Waals surface area contributed by atoms with Crippen LogP contribution in [0, 0.1) is 10.1 Å². The van der Waals surface area contributed by atoms with E-state index >= 15 is 0 Å². The number of anilines is 1. The quantitative estimate of drug-likeness (QED) is 0.395. The third-order valence-electron chi connectivity index (χ3n) is 3.09. The summed E-state index contributed by atoms with van der Waals surface area (Å²) in [6.45, 7) is -0.333. The topological polar surface area (TPSA) is 67.5 Å². The van der Waals surface area contributed by atoms with Gasteiger partial charge in [0, 0.05) is 20.7 Å². The number of nitrogens with zero attached hydrogens (tertiary/aromatic N) is 2. The highest BCUT2D eigenvalue weighted by molar-refractivity contribution is 6.35. The van der Waals surface area contributed by atoms with E-state index in [1.807, 2.05) is 0 Å². The van der Waals surface area contributed by atoms with Crippen molar-refractivity contribution in [3.05, 3.63) is 38.4 Å². The summed E-state index contributed by atoms with van der Waals surface area (Å²) in [6.07, 6.45) is 4.23. The van der Waals surface area contributed by atoms with Gasteiger partial charge in [-0.1, -0.05) is 36.0 Å². The summed E-state index contributed by atoms with van der Waals surface area (Å²) in [5.74, 6) is 0.347. The number of halogens is 2. The molecule has 1 aliphatic rings. The molecule has 108 valence electrons. The van der Waals surface area contributed by atoms with E-state index in [2.05, 4.69) is 10.3 Å². The van der Waals surface area contributed by atoms with Gasteiger partial charge in [0.25, 0.3) is 6.54 Å². The van der Waals surface area contributed by atoms with Crippen LogP contribution in [0.2, 0.25) is 10.0 Å². The van der Waals surface area contributed by atoms with E-state index < -0.39 is 4.92 Å². The van der Waals surface area contributed by atoms with Crippen molar-refractivity contribution in [2.75, 3.05) is 11.9 Å². The highest BCUT2D eigenvalue weighted by Crippen LogP contribution is 2.24. The van der Waals surface area contributed by atoms with Crippen LogP contribution in [-0.4, -0.2) is 23.3 Å². The number of aliphatic imine (C=N–C) groups is 1. The Balaban J connectivity index is 2.15. The van der Waals surface area contributed by atoms with E-state index in [0.717, 1.165) is 25.7 Å². The van der Waals surface area contributed by atoms with Crippen LogP contribution < -0.4 is 5.32 Å². The number of nitro groups is 1. The second-order valence-electron chi connectivity index (χ2n) is 4.79. The summed E-state index contributed by atoms with van der Waals surface area (Å²) in [5, 5.41) is 14.6. The van der Waals surface area contributed by atoms with Gasteiger partial charge < -0.3 is 5.32 Å². The molecule has 5 nitrogen and oxygen atoms in total. The molecule has 0 aromatic heterocycles. The molecule has 0 spiro atoms. The maximum absolute atomic E-state index is 10.7. The molecule has 0 amide bonds. The van der Waals surface area contributed by atoms with Gasteiger partial charge in [0.05, 0.1) is 6.04 Å². The number of hydrogen-bond acceptors (Lipinski definition) is 3. The molecule has 1 aliphatic carbocycles. The van der Waals surface area contributed by atoms with Crippen molar-refractivity contribution >= 4 is 34.7 Å². The molecule has 0 unspecified atom stereocenters. The van der Waals surface area contributed by atoms with Crippen molar-refractivity contribution < 1.29 is 4.92 Å². The number of nitrogens with one attached hydrogen (secondary N) is 1. The van der Waals surface area contributed by atoms with Crippen LogP contribution in [0.1, 0.15) is 25.7 Å². The van der Waals surface area contributed by atoms with Crippen molar-refractivity contribution in [2.45, 2.75) is 31.7 Å². The maximum Gasteiger partial charge on any atom is 0.260 e. The fourth-order valence-electron chi connectivity index (χ4n) is 2.28. The lowest BCUT2D eigenvalue weighted by atomic mass is 10.2. The molecule has 1 saturated carbocycles. The number of rotatable bonds is 4. The largest absolute Gasteiger partial charge is 0.338 e. The lowest BCUT2D eigenvalue weighted by Crippen LogP contribution is -2.24. The van der Waals surface area contributed by atoms with Crippen LogP contribution in [0.25, 0.3) is 0 Å². The number of benzene rings is 1. The summed E-state index contributed by atoms with van der Waals surface area (Å²) < 4.78 is 0. The molecule has 0 radical (unpaired) electrons. The lowest BCUT2D eigenvalue weighted by Gasteiger charge is -2.10. The molecule has 0 aliphatic heterocycles. The van der Waals surface area contributed by atoms with E-state index in [0.29, 0.717) is 21.6 Å². The van der Waals surface area contributed by atoms with Crippen LogP contribution in [0.15, 0.2) is 23.2 Å². The van der Waals surface area contributed by atoms with Gasteiger partial charge in [-0.2, -0.15) is 0 Å². The van der Waals surface area contributed by atoms with E-state index in [4.69, 9.17) is 23.2 Å². The summed E-state index contributed by atoms with van der Waals surface area (Å²) >= 11 is 11.8. The smallest absolute Gasteiger partial charge is 0.260 e. The highest BCUT2D eigenvalue weighted by Gasteiger charge is 2.17. The third kappa shape index (κ3) is 4.65. The Kier molecular flexibility index (Phi) is 5.20. The Morgan fingerprint density at radius 1 is 1.30 bits per heavy atom. The van der Waals surface area contributed by atoms with Crippen molar-refractivity contribution in [1.82, 2.24) is 0 Å². The monoisotopic (exact) mass is 315 g/mol. The molecule has 0 atom stereocenters. The molecule has 2 rings (SSSR count). The molecular weight excluding hydrogens is 301 g/mol. The first-order chi connectivity index (χ1) is 9.52. The minimum absolute atomic E-state index is 0.173. The predicted molar refractivity (Wildman–Crippen MR) is 81.6 cm³/mol. The Bertz CT molecular complexity index is 508. The maximum atomic E-state index is 10.7. The second kappa shape index (κ2) is 6.90. The van der Waals surface area contributed by atoms with Crippen molar-refractivity contribution in [2.24, 2.45) is 4.99 Å². The molecule has 0 saturated heterocycles. The molecule has 0 bridgehead atoms. The summed E-state index contributed by atoms with van der Waals surface area (Å²) in [6, 6.07) is 5.11. The van der Waals surface area contributed by atoms with E-state index in [9.17, 15) is 10.1 Å². The van der Waals surface area contributed by atoms with Gasteiger partial charge in [-0.15, -0.1) is 0 Å². The fourth-order valence-corrected chi connectivity index (χ4v) is 2.81. The predicted octanol–water partition coefficient (Wildman–Crippen LogP) is 4.02. The van der Waals surface area contributed by atoms with Crippen LogP contribution in [0.3, 0.4) is 0 Å². The Labute approximate surface area is 127 Å². The second-order valence-corrected chi connectivity index (χ2v) is 5.66. The molecule has 1 fully saturated rings. The van der Waals surface area contributed by atoms with Crippen LogP contribution in [0.4, 0.5) is 5.69 Å². The van der Waals surface area contributed by atoms with Crippen LogP contribution in [-0.2, 0) is 0 Å². The van der Waals surface area contributed by atoms with Gasteiger partial charge in [-0.25, -0.2) is 0 Å². The van der Waals surface area contributed by atoms with Gasteiger partial charge in [0.2, 0.25) is 0 Å². The van der Waals surface area contributed by atoms with Gasteiger partial charge in [0.15, 0.2) is 5.84 Å². The van der Waals surface area contributed by atoms with Gasteiger partial charge in [-0.05, 0) is 31.0 Å². The molecule has 1 N–H and O–H groups in total.